The molecule has 0 amide bonds. The van der Waals surface area contributed by atoms with Gasteiger partial charge in [0.1, 0.15) is 6.07 Å². The van der Waals surface area contributed by atoms with E-state index in [9.17, 15) is 5.26 Å². The van der Waals surface area contributed by atoms with Crippen LogP contribution in [0.25, 0.3) is 17.0 Å². The van der Waals surface area contributed by atoms with Crippen LogP contribution in [-0.4, -0.2) is 27.7 Å². The van der Waals surface area contributed by atoms with Gasteiger partial charge in [-0.2, -0.15) is 5.26 Å². The van der Waals surface area contributed by atoms with Gasteiger partial charge in [-0.3, -0.25) is 0 Å². The average molecular weight is 404 g/mol. The highest BCUT2D eigenvalue weighted by atomic mass is 32.2. The lowest BCUT2D eigenvalue weighted by molar-refractivity contribution is 0.466. The number of benzene rings is 1. The molecule has 3 heterocycles. The smallest absolute Gasteiger partial charge is 0.277 e. The number of rotatable bonds is 7. The van der Waals surface area contributed by atoms with E-state index in [0.717, 1.165) is 29.7 Å². The molecule has 146 valence electrons. The van der Waals surface area contributed by atoms with Crippen LogP contribution in [0.15, 0.2) is 64.5 Å². The number of aromatic nitrogens is 3. The molecule has 0 atom stereocenters. The molecule has 0 aliphatic heterocycles. The Labute approximate surface area is 173 Å². The first-order valence-electron chi connectivity index (χ1n) is 9.53. The van der Waals surface area contributed by atoms with E-state index in [4.69, 9.17) is 4.42 Å². The van der Waals surface area contributed by atoms with E-state index in [1.807, 2.05) is 47.1 Å². The van der Waals surface area contributed by atoms with Crippen LogP contribution in [0.3, 0.4) is 0 Å². The first-order chi connectivity index (χ1) is 14.2. The largest absolute Gasteiger partial charge is 0.411 e. The van der Waals surface area contributed by atoms with Gasteiger partial charge in [-0.1, -0.05) is 17.8 Å². The van der Waals surface area contributed by atoms with Gasteiger partial charge in [-0.05, 0) is 55.8 Å². The van der Waals surface area contributed by atoms with Gasteiger partial charge in [0, 0.05) is 42.5 Å². The Balaban J connectivity index is 1.48. The number of pyridine rings is 1. The first kappa shape index (κ1) is 19.1. The standard InChI is InChI=1S/C22H21N5OS/c1-3-26(4-2)18-10-8-16(9-11-18)21-24-25-22(28-21)29-15-17-14-27-12-6-5-7-20(27)19(17)13-23/h5-12,14H,3-4,15H2,1-2H3. The maximum absolute atomic E-state index is 9.52. The molecule has 0 N–H and O–H groups in total. The average Bonchev–Trinajstić information content (AvgIpc) is 3.38. The van der Waals surface area contributed by atoms with Crippen molar-refractivity contribution < 1.29 is 4.42 Å². The zero-order chi connectivity index (χ0) is 20.2. The maximum Gasteiger partial charge on any atom is 0.277 e. The van der Waals surface area contributed by atoms with Crippen LogP contribution in [-0.2, 0) is 5.75 Å². The molecule has 0 unspecified atom stereocenters. The lowest BCUT2D eigenvalue weighted by atomic mass is 10.2. The van der Waals surface area contributed by atoms with Crippen molar-refractivity contribution in [1.82, 2.24) is 14.6 Å². The van der Waals surface area contributed by atoms with Crippen molar-refractivity contribution in [2.75, 3.05) is 18.0 Å². The zero-order valence-electron chi connectivity index (χ0n) is 16.4. The van der Waals surface area contributed by atoms with E-state index in [0.29, 0.717) is 22.4 Å². The number of anilines is 1. The molecular formula is C22H21N5OS. The molecule has 0 aliphatic carbocycles. The fraction of sp³-hybridized carbons (Fsp3) is 0.227. The van der Waals surface area contributed by atoms with Crippen LogP contribution in [0.4, 0.5) is 5.69 Å². The molecule has 1 aromatic carbocycles. The Hall–Kier alpha value is -3.24. The Morgan fingerprint density at radius 3 is 2.62 bits per heavy atom. The van der Waals surface area contributed by atoms with Crippen LogP contribution in [0.5, 0.6) is 0 Å². The van der Waals surface area contributed by atoms with Gasteiger partial charge >= 0.3 is 0 Å². The third kappa shape index (κ3) is 3.84. The predicted octanol–water partition coefficient (Wildman–Crippen LogP) is 5.00. The molecule has 3 aromatic heterocycles. The zero-order valence-corrected chi connectivity index (χ0v) is 17.2. The summed E-state index contributed by atoms with van der Waals surface area (Å²) < 4.78 is 7.79. The second-order valence-electron chi connectivity index (χ2n) is 6.52. The van der Waals surface area contributed by atoms with Crippen molar-refractivity contribution in [3.05, 3.63) is 66.0 Å². The molecule has 0 fully saturated rings. The van der Waals surface area contributed by atoms with Crippen molar-refractivity contribution in [1.29, 1.82) is 5.26 Å². The van der Waals surface area contributed by atoms with Gasteiger partial charge in [-0.25, -0.2) is 0 Å². The minimum Gasteiger partial charge on any atom is -0.411 e. The van der Waals surface area contributed by atoms with Crippen LogP contribution in [0, 0.1) is 11.3 Å². The molecule has 0 radical (unpaired) electrons. The van der Waals surface area contributed by atoms with Crippen molar-refractivity contribution in [3.63, 3.8) is 0 Å². The van der Waals surface area contributed by atoms with Gasteiger partial charge in [0.05, 0.1) is 11.1 Å². The van der Waals surface area contributed by atoms with Crippen LogP contribution < -0.4 is 4.90 Å². The highest BCUT2D eigenvalue weighted by Crippen LogP contribution is 2.29. The highest BCUT2D eigenvalue weighted by Gasteiger charge is 2.14. The van der Waals surface area contributed by atoms with Crippen LogP contribution in [0.2, 0.25) is 0 Å². The second kappa shape index (κ2) is 8.41. The minimum atomic E-state index is 0.493. The van der Waals surface area contributed by atoms with Crippen LogP contribution in [0.1, 0.15) is 25.0 Å². The minimum absolute atomic E-state index is 0.493. The Morgan fingerprint density at radius 1 is 1.10 bits per heavy atom. The van der Waals surface area contributed by atoms with Gasteiger partial charge < -0.3 is 13.7 Å². The van der Waals surface area contributed by atoms with E-state index in [-0.39, 0.29) is 0 Å². The van der Waals surface area contributed by atoms with E-state index in [1.165, 1.54) is 17.4 Å². The lowest BCUT2D eigenvalue weighted by Gasteiger charge is -2.20. The quantitative estimate of drug-likeness (QED) is 0.405. The fourth-order valence-corrected chi connectivity index (χ4v) is 4.08. The summed E-state index contributed by atoms with van der Waals surface area (Å²) in [7, 11) is 0. The van der Waals surface area contributed by atoms with Gasteiger partial charge in [0.15, 0.2) is 0 Å². The summed E-state index contributed by atoms with van der Waals surface area (Å²) in [4.78, 5) is 2.29. The summed E-state index contributed by atoms with van der Waals surface area (Å²) in [5.41, 5.74) is 4.62. The number of nitriles is 1. The highest BCUT2D eigenvalue weighted by molar-refractivity contribution is 7.98. The second-order valence-corrected chi connectivity index (χ2v) is 7.44. The molecule has 4 aromatic rings. The van der Waals surface area contributed by atoms with Crippen LogP contribution >= 0.6 is 11.8 Å². The summed E-state index contributed by atoms with van der Waals surface area (Å²) in [6.45, 7) is 6.23. The molecule has 0 bridgehead atoms. The molecule has 0 aliphatic rings. The molecule has 0 spiro atoms. The van der Waals surface area contributed by atoms with E-state index in [1.54, 1.807) is 0 Å². The fourth-order valence-electron chi connectivity index (χ4n) is 3.34. The third-order valence-corrected chi connectivity index (χ3v) is 5.74. The number of fused-ring (bicyclic) bond motifs is 1. The number of thioether (sulfide) groups is 1. The van der Waals surface area contributed by atoms with Crippen molar-refractivity contribution in [2.24, 2.45) is 0 Å². The summed E-state index contributed by atoms with van der Waals surface area (Å²) in [6.07, 6.45) is 3.92. The summed E-state index contributed by atoms with van der Waals surface area (Å²) in [5.74, 6) is 1.09. The topological polar surface area (TPSA) is 70.4 Å². The van der Waals surface area contributed by atoms with Crippen molar-refractivity contribution >= 4 is 23.0 Å². The lowest BCUT2D eigenvalue weighted by Crippen LogP contribution is -2.21. The molecule has 4 rings (SSSR count). The molecule has 7 heteroatoms. The van der Waals surface area contributed by atoms with E-state index < -0.39 is 0 Å². The number of nitrogens with zero attached hydrogens (tertiary/aromatic N) is 5. The van der Waals surface area contributed by atoms with Gasteiger partial charge in [0.25, 0.3) is 5.22 Å². The van der Waals surface area contributed by atoms with Crippen molar-refractivity contribution in [2.45, 2.75) is 24.8 Å². The maximum atomic E-state index is 9.52. The molecular weight excluding hydrogens is 382 g/mol. The Morgan fingerprint density at radius 2 is 1.90 bits per heavy atom. The normalized spacial score (nSPS) is 10.9. The monoisotopic (exact) mass is 403 g/mol. The summed E-state index contributed by atoms with van der Waals surface area (Å²) in [5, 5.41) is 18.3. The van der Waals surface area contributed by atoms with E-state index in [2.05, 4.69) is 47.1 Å². The Kier molecular flexibility index (Phi) is 5.54. The molecule has 6 nitrogen and oxygen atoms in total. The van der Waals surface area contributed by atoms with E-state index >= 15 is 0 Å². The summed E-state index contributed by atoms with van der Waals surface area (Å²) >= 11 is 1.44. The third-order valence-electron chi connectivity index (χ3n) is 4.87. The predicted molar refractivity (Wildman–Crippen MR) is 115 cm³/mol. The molecule has 0 saturated heterocycles. The summed E-state index contributed by atoms with van der Waals surface area (Å²) in [6, 6.07) is 16.3. The number of hydrogen-bond acceptors (Lipinski definition) is 6. The number of hydrogen-bond donors (Lipinski definition) is 0. The first-order valence-corrected chi connectivity index (χ1v) is 10.5. The SMILES string of the molecule is CCN(CC)c1ccc(-c2nnc(SCc3cn4ccccc4c3C#N)o2)cc1. The van der Waals surface area contributed by atoms with Gasteiger partial charge in [0.2, 0.25) is 5.89 Å². The Bertz CT molecular complexity index is 1150. The van der Waals surface area contributed by atoms with Gasteiger partial charge in [-0.15, -0.1) is 10.2 Å². The molecule has 0 saturated carbocycles. The van der Waals surface area contributed by atoms with Crippen molar-refractivity contribution in [3.8, 4) is 17.5 Å². The molecule has 29 heavy (non-hydrogen) atoms.